The molecule has 0 saturated carbocycles. The van der Waals surface area contributed by atoms with Crippen LogP contribution in [-0.2, 0) is 11.4 Å². The number of piperazine rings is 1. The smallest absolute Gasteiger partial charge is 0.341 e. The number of oxime groups is 1. The van der Waals surface area contributed by atoms with Gasteiger partial charge in [0, 0.05) is 56.1 Å². The average molecular weight is 519 g/mol. The number of nitrogens with zero attached hydrogens (tertiary/aromatic N) is 4. The maximum absolute atomic E-state index is 15.7. The van der Waals surface area contributed by atoms with Crippen LogP contribution in [0.15, 0.2) is 46.5 Å². The second-order valence-corrected chi connectivity index (χ2v) is 8.81. The molecule has 190 valence electrons. The Labute approximate surface area is 210 Å². The van der Waals surface area contributed by atoms with Gasteiger partial charge < -0.3 is 19.4 Å². The molecule has 1 saturated heterocycles. The van der Waals surface area contributed by atoms with Gasteiger partial charge in [0.15, 0.2) is 5.82 Å². The number of aromatic nitrogens is 1. The molecule has 11 heteroatoms. The number of aromatic carboxylic acids is 1. The fourth-order valence-corrected chi connectivity index (χ4v) is 4.56. The summed E-state index contributed by atoms with van der Waals surface area (Å²) in [5.41, 5.74) is -0.221. The lowest BCUT2D eigenvalue weighted by atomic mass is 10.1. The van der Waals surface area contributed by atoms with Crippen LogP contribution in [-0.4, -0.2) is 66.1 Å². The Hall–Kier alpha value is -3.50. The van der Waals surface area contributed by atoms with E-state index in [4.69, 9.17) is 16.4 Å². The van der Waals surface area contributed by atoms with Crippen LogP contribution >= 0.6 is 11.6 Å². The first-order valence-electron chi connectivity index (χ1n) is 11.4. The Morgan fingerprint density at radius 3 is 2.42 bits per heavy atom. The van der Waals surface area contributed by atoms with Crippen molar-refractivity contribution < 1.29 is 23.5 Å². The first-order valence-corrected chi connectivity index (χ1v) is 11.7. The number of benzene rings is 2. The second-order valence-electron chi connectivity index (χ2n) is 8.37. The minimum absolute atomic E-state index is 0.108. The van der Waals surface area contributed by atoms with E-state index in [2.05, 4.69) is 10.1 Å². The van der Waals surface area contributed by atoms with Crippen LogP contribution in [0.3, 0.4) is 0 Å². The van der Waals surface area contributed by atoms with E-state index < -0.39 is 28.6 Å². The molecule has 0 bridgehead atoms. The third-order valence-corrected chi connectivity index (χ3v) is 6.49. The maximum atomic E-state index is 15.7. The predicted octanol–water partition coefficient (Wildman–Crippen LogP) is 3.82. The van der Waals surface area contributed by atoms with Crippen LogP contribution in [0.5, 0.6) is 0 Å². The van der Waals surface area contributed by atoms with Crippen LogP contribution in [0.25, 0.3) is 10.9 Å². The van der Waals surface area contributed by atoms with Crippen molar-refractivity contribution in [3.8, 4) is 0 Å². The van der Waals surface area contributed by atoms with Gasteiger partial charge in [0.1, 0.15) is 29.9 Å². The number of pyridine rings is 1. The van der Waals surface area contributed by atoms with Crippen LogP contribution in [0.2, 0.25) is 5.02 Å². The van der Waals surface area contributed by atoms with Crippen molar-refractivity contribution in [1.82, 2.24) is 9.47 Å². The number of fused-ring (bicyclic) bond motifs is 1. The zero-order valence-corrected chi connectivity index (χ0v) is 20.6. The fraction of sp³-hybridized carbons (Fsp3) is 0.320. The third-order valence-electron chi connectivity index (χ3n) is 6.24. The van der Waals surface area contributed by atoms with Gasteiger partial charge in [-0.25, -0.2) is 13.6 Å². The first kappa shape index (κ1) is 25.6. The van der Waals surface area contributed by atoms with Crippen molar-refractivity contribution in [1.29, 1.82) is 0 Å². The molecule has 2 aromatic carbocycles. The minimum atomic E-state index is -1.44. The zero-order valence-electron chi connectivity index (χ0n) is 19.8. The summed E-state index contributed by atoms with van der Waals surface area (Å²) in [4.78, 5) is 32.7. The topological polar surface area (TPSA) is 87.4 Å². The predicted molar refractivity (Wildman–Crippen MR) is 134 cm³/mol. The van der Waals surface area contributed by atoms with Gasteiger partial charge in [-0.2, -0.15) is 0 Å². The molecule has 2 heterocycles. The minimum Gasteiger partial charge on any atom is -0.477 e. The molecule has 0 spiro atoms. The van der Waals surface area contributed by atoms with Gasteiger partial charge in [-0.15, -0.1) is 0 Å². The van der Waals surface area contributed by atoms with Crippen molar-refractivity contribution in [3.05, 3.63) is 74.5 Å². The normalized spacial score (nSPS) is 14.9. The summed E-state index contributed by atoms with van der Waals surface area (Å²) in [6.07, 6.45) is 1.10. The number of carbonyl (C=O) groups is 1. The van der Waals surface area contributed by atoms with Crippen LogP contribution in [0.4, 0.5) is 14.5 Å². The SMILES string of the molecule is CCn1cc(C(=O)O)c(=O)c2cc(F)c(N3CCN(C/C(=N/OC)c4ccc(Cl)cc4)CC3)c(F)c21. The van der Waals surface area contributed by atoms with E-state index in [1.165, 1.54) is 11.7 Å². The Balaban J connectivity index is 1.59. The van der Waals surface area contributed by atoms with E-state index in [-0.39, 0.29) is 23.1 Å². The molecule has 0 atom stereocenters. The standard InChI is InChI=1S/C25H25ClF2N4O4/c1-3-31-13-18(25(34)35)24(33)17-12-19(27)23(21(28)22(17)31)32-10-8-30(9-11-32)14-20(29-36-2)15-4-6-16(26)7-5-15/h4-7,12-13H,3,8-11,14H2,1-2H3,(H,34,35)/b29-20-. The highest BCUT2D eigenvalue weighted by molar-refractivity contribution is 6.30. The summed E-state index contributed by atoms with van der Waals surface area (Å²) >= 11 is 5.98. The quantitative estimate of drug-likeness (QED) is 0.378. The fourth-order valence-electron chi connectivity index (χ4n) is 4.43. The number of rotatable bonds is 7. The lowest BCUT2D eigenvalue weighted by Crippen LogP contribution is -2.48. The summed E-state index contributed by atoms with van der Waals surface area (Å²) in [5.74, 6) is -3.23. The highest BCUT2D eigenvalue weighted by Gasteiger charge is 2.27. The van der Waals surface area contributed by atoms with Gasteiger partial charge in [0.25, 0.3) is 0 Å². The van der Waals surface area contributed by atoms with Crippen LogP contribution < -0.4 is 10.3 Å². The van der Waals surface area contributed by atoms with Crippen molar-refractivity contribution in [2.75, 3.05) is 44.7 Å². The maximum Gasteiger partial charge on any atom is 0.341 e. The highest BCUT2D eigenvalue weighted by Crippen LogP contribution is 2.31. The summed E-state index contributed by atoms with van der Waals surface area (Å²) in [7, 11) is 1.47. The Morgan fingerprint density at radius 2 is 1.83 bits per heavy atom. The van der Waals surface area contributed by atoms with Crippen molar-refractivity contribution in [2.24, 2.45) is 5.16 Å². The largest absolute Gasteiger partial charge is 0.477 e. The van der Waals surface area contributed by atoms with Crippen molar-refractivity contribution >= 4 is 39.9 Å². The summed E-state index contributed by atoms with van der Waals surface area (Å²) in [6, 6.07) is 8.16. The molecule has 0 aliphatic carbocycles. The number of carboxylic acid groups (broad SMARTS) is 1. The summed E-state index contributed by atoms with van der Waals surface area (Å²) in [5, 5.41) is 13.8. The molecule has 1 aromatic heterocycles. The zero-order chi connectivity index (χ0) is 26.0. The molecule has 1 aliphatic rings. The van der Waals surface area contributed by atoms with Gasteiger partial charge in [-0.05, 0) is 25.1 Å². The lowest BCUT2D eigenvalue weighted by molar-refractivity contribution is 0.0694. The van der Waals surface area contributed by atoms with Gasteiger partial charge in [-0.3, -0.25) is 9.69 Å². The first-order chi connectivity index (χ1) is 17.2. The molecule has 0 radical (unpaired) electrons. The number of aryl methyl sites for hydroxylation is 1. The molecule has 1 N–H and O–H groups in total. The van der Waals surface area contributed by atoms with E-state index in [0.717, 1.165) is 17.8 Å². The van der Waals surface area contributed by atoms with Gasteiger partial charge in [0.2, 0.25) is 5.43 Å². The van der Waals surface area contributed by atoms with Gasteiger partial charge in [0.05, 0.1) is 10.9 Å². The molecule has 1 aliphatic heterocycles. The molecule has 0 amide bonds. The Kier molecular flexibility index (Phi) is 7.56. The molecule has 8 nitrogen and oxygen atoms in total. The number of hydrogen-bond acceptors (Lipinski definition) is 6. The molecule has 3 aromatic rings. The second kappa shape index (κ2) is 10.6. The Bertz CT molecular complexity index is 1380. The third kappa shape index (κ3) is 4.91. The van der Waals surface area contributed by atoms with E-state index in [9.17, 15) is 14.7 Å². The number of hydrogen-bond donors (Lipinski definition) is 1. The molecular weight excluding hydrogens is 494 g/mol. The molecule has 0 unspecified atom stereocenters. The van der Waals surface area contributed by atoms with Gasteiger partial charge in [-0.1, -0.05) is 28.9 Å². The number of carboxylic acids is 1. The molecule has 4 rings (SSSR count). The lowest BCUT2D eigenvalue weighted by Gasteiger charge is -2.36. The van der Waals surface area contributed by atoms with E-state index in [1.54, 1.807) is 24.0 Å². The van der Waals surface area contributed by atoms with E-state index in [0.29, 0.717) is 43.5 Å². The van der Waals surface area contributed by atoms with E-state index >= 15 is 8.78 Å². The van der Waals surface area contributed by atoms with Crippen LogP contribution in [0, 0.1) is 11.6 Å². The van der Waals surface area contributed by atoms with Crippen molar-refractivity contribution in [2.45, 2.75) is 13.5 Å². The molecule has 1 fully saturated rings. The molecule has 36 heavy (non-hydrogen) atoms. The molecular formula is C25H25ClF2N4O4. The Morgan fingerprint density at radius 1 is 1.17 bits per heavy atom. The van der Waals surface area contributed by atoms with E-state index in [1.807, 2.05) is 12.1 Å². The monoisotopic (exact) mass is 518 g/mol. The van der Waals surface area contributed by atoms with Crippen molar-refractivity contribution in [3.63, 3.8) is 0 Å². The number of halogens is 3. The average Bonchev–Trinajstić information content (AvgIpc) is 2.85. The summed E-state index contributed by atoms with van der Waals surface area (Å²) in [6.45, 7) is 4.06. The van der Waals surface area contributed by atoms with Gasteiger partial charge >= 0.3 is 5.97 Å². The highest BCUT2D eigenvalue weighted by atomic mass is 35.5. The number of anilines is 1. The summed E-state index contributed by atoms with van der Waals surface area (Å²) < 4.78 is 32.2. The van der Waals surface area contributed by atoms with Crippen LogP contribution in [0.1, 0.15) is 22.8 Å².